The van der Waals surface area contributed by atoms with Crippen LogP contribution in [0.15, 0.2) is 35.7 Å². The molecule has 0 spiro atoms. The number of hydrogen-bond donors (Lipinski definition) is 1. The van der Waals surface area contributed by atoms with Gasteiger partial charge in [0.1, 0.15) is 6.33 Å². The third-order valence-electron chi connectivity index (χ3n) is 2.28. The quantitative estimate of drug-likeness (QED) is 0.825. The lowest BCUT2D eigenvalue weighted by Gasteiger charge is -2.02. The maximum Gasteiger partial charge on any atom is 0.248 e. The monoisotopic (exact) mass is 248 g/mol. The van der Waals surface area contributed by atoms with E-state index >= 15 is 0 Å². The van der Waals surface area contributed by atoms with Crippen LogP contribution in [-0.2, 0) is 12.8 Å². The first-order chi connectivity index (χ1) is 8.16. The predicted molar refractivity (Wildman–Crippen MR) is 65.5 cm³/mol. The molecule has 88 valence electrons. The molecule has 0 bridgehead atoms. The molecule has 0 aliphatic carbocycles. The number of aryl methyl sites for hydroxylation is 1. The molecule has 0 unspecified atom stereocenters. The number of nitrogens with two attached hydrogens (primary N) is 1. The van der Waals surface area contributed by atoms with Gasteiger partial charge in [0.15, 0.2) is 5.16 Å². The molecule has 0 fully saturated rings. The summed E-state index contributed by atoms with van der Waals surface area (Å²) in [5.74, 6) is 0.378. The average molecular weight is 248 g/mol. The molecule has 0 radical (unpaired) electrons. The van der Waals surface area contributed by atoms with Crippen LogP contribution in [0.4, 0.5) is 0 Å². The number of primary amides is 1. The summed E-state index contributed by atoms with van der Waals surface area (Å²) in [6.45, 7) is 0. The number of thioether (sulfide) groups is 1. The van der Waals surface area contributed by atoms with Crippen molar-refractivity contribution < 1.29 is 4.79 Å². The Morgan fingerprint density at radius 1 is 1.41 bits per heavy atom. The first-order valence-corrected chi connectivity index (χ1v) is 6.01. The van der Waals surface area contributed by atoms with Gasteiger partial charge in [-0.2, -0.15) is 5.10 Å². The standard InChI is InChI=1S/C11H12N4OS/c1-15-11(13-7-14-15)17-6-8-2-4-9(5-3-8)10(12)16/h2-5,7H,6H2,1H3,(H2,12,16). The molecule has 0 aliphatic heterocycles. The van der Waals surface area contributed by atoms with E-state index in [0.29, 0.717) is 5.56 Å². The summed E-state index contributed by atoms with van der Waals surface area (Å²) in [6.07, 6.45) is 1.53. The first-order valence-electron chi connectivity index (χ1n) is 5.02. The van der Waals surface area contributed by atoms with E-state index in [4.69, 9.17) is 5.73 Å². The maximum atomic E-state index is 10.9. The fourth-order valence-electron chi connectivity index (χ4n) is 1.33. The molecular formula is C11H12N4OS. The molecule has 0 atom stereocenters. The highest BCUT2D eigenvalue weighted by molar-refractivity contribution is 7.98. The number of nitrogens with zero attached hydrogens (tertiary/aromatic N) is 3. The molecule has 17 heavy (non-hydrogen) atoms. The minimum atomic E-state index is -0.405. The fraction of sp³-hybridized carbons (Fsp3) is 0.182. The largest absolute Gasteiger partial charge is 0.366 e. The lowest BCUT2D eigenvalue weighted by atomic mass is 10.1. The summed E-state index contributed by atoms with van der Waals surface area (Å²) in [5.41, 5.74) is 6.81. The molecule has 2 aromatic rings. The number of carbonyl (C=O) groups excluding carboxylic acids is 1. The van der Waals surface area contributed by atoms with Gasteiger partial charge in [0, 0.05) is 18.4 Å². The second-order valence-corrected chi connectivity index (χ2v) is 4.46. The van der Waals surface area contributed by atoms with Crippen LogP contribution in [0, 0.1) is 0 Å². The van der Waals surface area contributed by atoms with Crippen molar-refractivity contribution in [2.75, 3.05) is 0 Å². The van der Waals surface area contributed by atoms with E-state index in [2.05, 4.69) is 10.1 Å². The SMILES string of the molecule is Cn1ncnc1SCc1ccc(C(N)=O)cc1. The number of aromatic nitrogens is 3. The van der Waals surface area contributed by atoms with E-state index in [1.165, 1.54) is 6.33 Å². The van der Waals surface area contributed by atoms with Crippen LogP contribution in [-0.4, -0.2) is 20.7 Å². The van der Waals surface area contributed by atoms with Gasteiger partial charge < -0.3 is 5.73 Å². The number of carbonyl (C=O) groups is 1. The van der Waals surface area contributed by atoms with Gasteiger partial charge in [0.25, 0.3) is 0 Å². The molecule has 0 saturated carbocycles. The first kappa shape index (κ1) is 11.7. The van der Waals surface area contributed by atoms with Gasteiger partial charge in [0.2, 0.25) is 5.91 Å². The van der Waals surface area contributed by atoms with Gasteiger partial charge >= 0.3 is 0 Å². The summed E-state index contributed by atoms with van der Waals surface area (Å²) in [5, 5.41) is 4.85. The minimum Gasteiger partial charge on any atom is -0.366 e. The van der Waals surface area contributed by atoms with Gasteiger partial charge in [0.05, 0.1) is 0 Å². The van der Waals surface area contributed by atoms with Crippen LogP contribution in [0.5, 0.6) is 0 Å². The zero-order valence-electron chi connectivity index (χ0n) is 9.33. The van der Waals surface area contributed by atoms with Gasteiger partial charge in [-0.25, -0.2) is 9.67 Å². The highest BCUT2D eigenvalue weighted by Gasteiger charge is 2.03. The highest BCUT2D eigenvalue weighted by Crippen LogP contribution is 2.19. The lowest BCUT2D eigenvalue weighted by Crippen LogP contribution is -2.10. The van der Waals surface area contributed by atoms with Crippen LogP contribution in [0.1, 0.15) is 15.9 Å². The van der Waals surface area contributed by atoms with E-state index in [-0.39, 0.29) is 0 Å². The van der Waals surface area contributed by atoms with Crippen LogP contribution in [0.3, 0.4) is 0 Å². The second kappa shape index (κ2) is 5.01. The van der Waals surface area contributed by atoms with Crippen LogP contribution >= 0.6 is 11.8 Å². The van der Waals surface area contributed by atoms with E-state index in [9.17, 15) is 4.79 Å². The van der Waals surface area contributed by atoms with E-state index in [1.54, 1.807) is 28.6 Å². The Kier molecular flexibility index (Phi) is 3.43. The maximum absolute atomic E-state index is 10.9. The van der Waals surface area contributed by atoms with Gasteiger partial charge in [-0.3, -0.25) is 4.79 Å². The van der Waals surface area contributed by atoms with Gasteiger partial charge in [-0.05, 0) is 17.7 Å². The molecular weight excluding hydrogens is 236 g/mol. The van der Waals surface area contributed by atoms with Crippen LogP contribution in [0.2, 0.25) is 0 Å². The molecule has 0 aliphatic rings. The van der Waals surface area contributed by atoms with Crippen molar-refractivity contribution in [3.63, 3.8) is 0 Å². The van der Waals surface area contributed by atoms with Crippen molar-refractivity contribution in [3.8, 4) is 0 Å². The normalized spacial score (nSPS) is 10.4. The summed E-state index contributed by atoms with van der Waals surface area (Å²) in [7, 11) is 1.85. The fourth-order valence-corrected chi connectivity index (χ4v) is 2.17. The average Bonchev–Trinajstić information content (AvgIpc) is 2.73. The van der Waals surface area contributed by atoms with Gasteiger partial charge in [-0.15, -0.1) is 0 Å². The Balaban J connectivity index is 2.00. The van der Waals surface area contributed by atoms with Crippen LogP contribution in [0.25, 0.3) is 0 Å². The summed E-state index contributed by atoms with van der Waals surface area (Å²) in [4.78, 5) is 15.0. The van der Waals surface area contributed by atoms with Crippen molar-refractivity contribution in [1.29, 1.82) is 0 Å². The van der Waals surface area contributed by atoms with E-state index < -0.39 is 5.91 Å². The molecule has 5 nitrogen and oxygen atoms in total. The number of benzene rings is 1. The summed E-state index contributed by atoms with van der Waals surface area (Å²) in [6, 6.07) is 7.25. The van der Waals surface area contributed by atoms with Crippen molar-refractivity contribution in [2.45, 2.75) is 10.9 Å². The summed E-state index contributed by atoms with van der Waals surface area (Å²) >= 11 is 1.59. The molecule has 1 amide bonds. The van der Waals surface area contributed by atoms with E-state index in [0.717, 1.165) is 16.5 Å². The third kappa shape index (κ3) is 2.85. The zero-order valence-corrected chi connectivity index (χ0v) is 10.1. The van der Waals surface area contributed by atoms with E-state index in [1.807, 2.05) is 19.2 Å². The molecule has 0 saturated heterocycles. The molecule has 2 N–H and O–H groups in total. The molecule has 1 aromatic carbocycles. The topological polar surface area (TPSA) is 73.8 Å². The second-order valence-electron chi connectivity index (χ2n) is 3.52. The Bertz CT molecular complexity index is 521. The number of amides is 1. The molecule has 2 rings (SSSR count). The Hall–Kier alpha value is -1.82. The smallest absolute Gasteiger partial charge is 0.248 e. The molecule has 1 heterocycles. The Morgan fingerprint density at radius 2 is 2.12 bits per heavy atom. The Morgan fingerprint density at radius 3 is 2.65 bits per heavy atom. The Labute approximate surface area is 103 Å². The molecule has 1 aromatic heterocycles. The number of rotatable bonds is 4. The minimum absolute atomic E-state index is 0.405. The predicted octanol–water partition coefficient (Wildman–Crippen LogP) is 1.21. The van der Waals surface area contributed by atoms with Gasteiger partial charge in [-0.1, -0.05) is 23.9 Å². The molecule has 6 heteroatoms. The van der Waals surface area contributed by atoms with Crippen molar-refractivity contribution in [1.82, 2.24) is 14.8 Å². The lowest BCUT2D eigenvalue weighted by molar-refractivity contribution is 0.100. The third-order valence-corrected chi connectivity index (χ3v) is 3.38. The van der Waals surface area contributed by atoms with Crippen LogP contribution < -0.4 is 5.73 Å². The van der Waals surface area contributed by atoms with Crippen molar-refractivity contribution in [3.05, 3.63) is 41.7 Å². The highest BCUT2D eigenvalue weighted by atomic mass is 32.2. The zero-order chi connectivity index (χ0) is 12.3. The number of hydrogen-bond acceptors (Lipinski definition) is 4. The van der Waals surface area contributed by atoms with Crippen molar-refractivity contribution >= 4 is 17.7 Å². The van der Waals surface area contributed by atoms with Crippen molar-refractivity contribution in [2.24, 2.45) is 12.8 Å². The summed E-state index contributed by atoms with van der Waals surface area (Å²) < 4.78 is 1.72.